The maximum atomic E-state index is 12.1. The van der Waals surface area contributed by atoms with Crippen molar-refractivity contribution in [3.05, 3.63) is 30.6 Å². The van der Waals surface area contributed by atoms with Gasteiger partial charge in [0, 0.05) is 25.3 Å². The second-order valence-electron chi connectivity index (χ2n) is 7.67. The van der Waals surface area contributed by atoms with Gasteiger partial charge in [-0.05, 0) is 50.8 Å². The maximum absolute atomic E-state index is 12.1. The fraction of sp³-hybridized carbons (Fsp3) is 0.550. The second kappa shape index (κ2) is 8.18. The largest absolute Gasteiger partial charge is 0.492 e. The number of piperidine rings is 1. The molecule has 1 N–H and O–H groups in total. The number of nitrogens with one attached hydrogen (secondary N) is 1. The minimum atomic E-state index is 0.0324. The molecule has 150 valence electrons. The first kappa shape index (κ1) is 18.7. The summed E-state index contributed by atoms with van der Waals surface area (Å²) in [7, 11) is 0. The van der Waals surface area contributed by atoms with Crippen LogP contribution in [-0.4, -0.2) is 58.0 Å². The number of aromatic nitrogens is 3. The molecule has 2 saturated heterocycles. The number of rotatable bonds is 6. The molecule has 2 amide bonds. The quantitative estimate of drug-likeness (QED) is 0.773. The van der Waals surface area contributed by atoms with Gasteiger partial charge in [-0.25, -0.2) is 9.48 Å². The third-order valence-electron chi connectivity index (χ3n) is 5.06. The Balaban J connectivity index is 1.26. The number of carbonyl (C=O) groups is 1. The average Bonchev–Trinajstić information content (AvgIpc) is 3.43. The molecule has 4 heterocycles. The van der Waals surface area contributed by atoms with Gasteiger partial charge in [-0.2, -0.15) is 5.10 Å². The van der Waals surface area contributed by atoms with Crippen molar-refractivity contribution in [3.8, 4) is 17.1 Å². The van der Waals surface area contributed by atoms with Crippen molar-refractivity contribution < 1.29 is 14.3 Å². The standard InChI is InChI=1S/C20H27N5O3/c1-14(2)23-20(26)24-9-6-15(7-10-24)12-27-16-3-4-17(21-11-16)18-5-8-22-25(18)19-13-28-19/h3-5,8,11,14-15,19H,6-7,9-10,12-13H2,1-2H3,(H,23,26). The Morgan fingerprint density at radius 3 is 2.75 bits per heavy atom. The van der Waals surface area contributed by atoms with Crippen molar-refractivity contribution in [1.82, 2.24) is 25.0 Å². The number of urea groups is 1. The number of ether oxygens (including phenoxy) is 2. The molecule has 0 bridgehead atoms. The summed E-state index contributed by atoms with van der Waals surface area (Å²) in [5, 5.41) is 7.25. The third kappa shape index (κ3) is 4.44. The van der Waals surface area contributed by atoms with Gasteiger partial charge in [0.1, 0.15) is 5.75 Å². The third-order valence-corrected chi connectivity index (χ3v) is 5.06. The van der Waals surface area contributed by atoms with E-state index in [9.17, 15) is 4.79 Å². The van der Waals surface area contributed by atoms with E-state index in [1.165, 1.54) is 0 Å². The van der Waals surface area contributed by atoms with Crippen molar-refractivity contribution in [1.29, 1.82) is 0 Å². The molecule has 0 saturated carbocycles. The van der Waals surface area contributed by atoms with Gasteiger partial charge >= 0.3 is 6.03 Å². The van der Waals surface area contributed by atoms with Crippen molar-refractivity contribution in [2.45, 2.75) is 39.0 Å². The summed E-state index contributed by atoms with van der Waals surface area (Å²) >= 11 is 0. The van der Waals surface area contributed by atoms with Crippen LogP contribution in [0.1, 0.15) is 32.9 Å². The Kier molecular flexibility index (Phi) is 5.47. The second-order valence-corrected chi connectivity index (χ2v) is 7.67. The van der Waals surface area contributed by atoms with Gasteiger partial charge in [0.25, 0.3) is 0 Å². The zero-order valence-electron chi connectivity index (χ0n) is 16.4. The Bertz CT molecular complexity index is 792. The van der Waals surface area contributed by atoms with E-state index in [0.29, 0.717) is 19.1 Å². The highest BCUT2D eigenvalue weighted by Gasteiger charge is 2.28. The van der Waals surface area contributed by atoms with Crippen LogP contribution in [0.15, 0.2) is 30.6 Å². The lowest BCUT2D eigenvalue weighted by molar-refractivity contribution is 0.144. The number of hydrogen-bond donors (Lipinski definition) is 1. The van der Waals surface area contributed by atoms with Gasteiger partial charge in [-0.1, -0.05) is 0 Å². The number of hydrogen-bond acceptors (Lipinski definition) is 5. The highest BCUT2D eigenvalue weighted by atomic mass is 16.6. The molecule has 8 heteroatoms. The average molecular weight is 385 g/mol. The summed E-state index contributed by atoms with van der Waals surface area (Å²) < 4.78 is 13.1. The molecule has 2 aromatic rings. The van der Waals surface area contributed by atoms with Crippen LogP contribution >= 0.6 is 0 Å². The van der Waals surface area contributed by atoms with Crippen LogP contribution < -0.4 is 10.1 Å². The molecule has 2 fully saturated rings. The van der Waals surface area contributed by atoms with Gasteiger partial charge in [-0.15, -0.1) is 0 Å². The van der Waals surface area contributed by atoms with Crippen LogP contribution in [0.5, 0.6) is 5.75 Å². The molecular weight excluding hydrogens is 358 g/mol. The highest BCUT2D eigenvalue weighted by molar-refractivity contribution is 5.74. The molecular formula is C20H27N5O3. The van der Waals surface area contributed by atoms with E-state index in [0.717, 1.165) is 43.1 Å². The molecule has 2 aliphatic rings. The van der Waals surface area contributed by atoms with E-state index in [2.05, 4.69) is 15.4 Å². The summed E-state index contributed by atoms with van der Waals surface area (Å²) in [6, 6.07) is 6.03. The van der Waals surface area contributed by atoms with E-state index in [1.807, 2.05) is 41.6 Å². The lowest BCUT2D eigenvalue weighted by Crippen LogP contribution is -2.47. The summed E-state index contributed by atoms with van der Waals surface area (Å²) in [5.74, 6) is 1.22. The zero-order chi connectivity index (χ0) is 19.5. The normalized spacial score (nSPS) is 19.7. The maximum Gasteiger partial charge on any atom is 0.317 e. The van der Waals surface area contributed by atoms with Gasteiger partial charge in [0.2, 0.25) is 0 Å². The van der Waals surface area contributed by atoms with Gasteiger partial charge in [0.05, 0.1) is 30.8 Å². The predicted molar refractivity (Wildman–Crippen MR) is 104 cm³/mol. The molecule has 2 aromatic heterocycles. The first-order chi connectivity index (χ1) is 13.6. The van der Waals surface area contributed by atoms with Crippen molar-refractivity contribution in [3.63, 3.8) is 0 Å². The van der Waals surface area contributed by atoms with Gasteiger partial charge in [-0.3, -0.25) is 4.98 Å². The molecule has 0 spiro atoms. The Morgan fingerprint density at radius 1 is 1.32 bits per heavy atom. The van der Waals surface area contributed by atoms with E-state index < -0.39 is 0 Å². The molecule has 0 aliphatic carbocycles. The van der Waals surface area contributed by atoms with E-state index >= 15 is 0 Å². The van der Waals surface area contributed by atoms with Crippen LogP contribution in [0, 0.1) is 5.92 Å². The minimum absolute atomic E-state index is 0.0324. The molecule has 2 aliphatic heterocycles. The molecule has 0 radical (unpaired) electrons. The minimum Gasteiger partial charge on any atom is -0.492 e. The zero-order valence-corrected chi connectivity index (χ0v) is 16.4. The molecule has 4 rings (SSSR count). The highest BCUT2D eigenvalue weighted by Crippen LogP contribution is 2.29. The van der Waals surface area contributed by atoms with Crippen molar-refractivity contribution in [2.75, 3.05) is 26.3 Å². The number of amides is 2. The number of likely N-dealkylation sites (tertiary alicyclic amines) is 1. The van der Waals surface area contributed by atoms with Crippen LogP contribution in [0.2, 0.25) is 0 Å². The molecule has 8 nitrogen and oxygen atoms in total. The molecule has 0 aromatic carbocycles. The van der Waals surface area contributed by atoms with Crippen molar-refractivity contribution >= 4 is 6.03 Å². The summed E-state index contributed by atoms with van der Waals surface area (Å²) in [6.07, 6.45) is 5.47. The number of carbonyl (C=O) groups excluding carboxylic acids is 1. The summed E-state index contributed by atoms with van der Waals surface area (Å²) in [4.78, 5) is 18.5. The smallest absolute Gasteiger partial charge is 0.317 e. The molecule has 1 atom stereocenters. The fourth-order valence-corrected chi connectivity index (χ4v) is 3.40. The Labute approximate surface area is 164 Å². The lowest BCUT2D eigenvalue weighted by Gasteiger charge is -2.32. The topological polar surface area (TPSA) is 84.8 Å². The van der Waals surface area contributed by atoms with Crippen LogP contribution in [0.25, 0.3) is 11.4 Å². The summed E-state index contributed by atoms with van der Waals surface area (Å²) in [5.41, 5.74) is 1.80. The monoisotopic (exact) mass is 385 g/mol. The van der Waals surface area contributed by atoms with E-state index in [1.54, 1.807) is 12.4 Å². The number of nitrogens with zero attached hydrogens (tertiary/aromatic N) is 4. The van der Waals surface area contributed by atoms with Gasteiger partial charge < -0.3 is 19.7 Å². The van der Waals surface area contributed by atoms with Crippen LogP contribution in [0.4, 0.5) is 4.79 Å². The summed E-state index contributed by atoms with van der Waals surface area (Å²) in [6.45, 7) is 6.85. The van der Waals surface area contributed by atoms with Gasteiger partial charge in [0.15, 0.2) is 6.23 Å². The van der Waals surface area contributed by atoms with E-state index in [4.69, 9.17) is 9.47 Å². The number of pyridine rings is 1. The van der Waals surface area contributed by atoms with E-state index in [-0.39, 0.29) is 18.3 Å². The first-order valence-corrected chi connectivity index (χ1v) is 9.90. The molecule has 1 unspecified atom stereocenters. The van der Waals surface area contributed by atoms with Crippen molar-refractivity contribution in [2.24, 2.45) is 5.92 Å². The van der Waals surface area contributed by atoms with Crippen LogP contribution in [-0.2, 0) is 4.74 Å². The first-order valence-electron chi connectivity index (χ1n) is 9.90. The fourth-order valence-electron chi connectivity index (χ4n) is 3.40. The number of epoxide rings is 1. The Morgan fingerprint density at radius 2 is 2.11 bits per heavy atom. The predicted octanol–water partition coefficient (Wildman–Crippen LogP) is 2.68. The lowest BCUT2D eigenvalue weighted by atomic mass is 9.98. The SMILES string of the molecule is CC(C)NC(=O)N1CCC(COc2ccc(-c3ccnn3C3CO3)nc2)CC1. The molecule has 28 heavy (non-hydrogen) atoms. The Hall–Kier alpha value is -2.61. The van der Waals surface area contributed by atoms with Crippen LogP contribution in [0.3, 0.4) is 0 Å².